The lowest BCUT2D eigenvalue weighted by Crippen LogP contribution is -2.25. The lowest BCUT2D eigenvalue weighted by Gasteiger charge is -2.17. The predicted octanol–water partition coefficient (Wildman–Crippen LogP) is 5.58. The van der Waals surface area contributed by atoms with E-state index in [0.29, 0.717) is 36.6 Å². The minimum Gasteiger partial charge on any atom is -0.309 e. The zero-order chi connectivity index (χ0) is 22.6. The molecule has 0 spiro atoms. The van der Waals surface area contributed by atoms with Crippen LogP contribution in [0.5, 0.6) is 0 Å². The van der Waals surface area contributed by atoms with Crippen molar-refractivity contribution in [3.8, 4) is 0 Å². The quantitative estimate of drug-likeness (QED) is 0.620. The Bertz CT molecular complexity index is 418. The molecule has 0 radical (unpaired) electrons. The lowest BCUT2D eigenvalue weighted by atomic mass is 9.89. The normalized spacial score (nSPS) is 11.8. The second kappa shape index (κ2) is 13.2. The minimum absolute atomic E-state index is 0.130. The lowest BCUT2D eigenvalue weighted by molar-refractivity contribution is -0.127. The largest absolute Gasteiger partial charge is 0.309 e. The van der Waals surface area contributed by atoms with Crippen molar-refractivity contribution in [2.75, 3.05) is 20.6 Å². The average Bonchev–Trinajstić information content (AvgIpc) is 2.49. The van der Waals surface area contributed by atoms with Gasteiger partial charge in [-0.25, -0.2) is 0 Å². The van der Waals surface area contributed by atoms with Gasteiger partial charge in [-0.1, -0.05) is 76.2 Å². The molecule has 0 rings (SSSR count). The van der Waals surface area contributed by atoms with Crippen LogP contribution in [0, 0.1) is 16.2 Å². The van der Waals surface area contributed by atoms with E-state index < -0.39 is 0 Å². The fraction of sp³-hybridized carbons (Fsp3) is 0.870. The Kier molecular flexibility index (Phi) is 15.0. The number of nitrogens with zero attached hydrogens (tertiary/aromatic N) is 1. The molecule has 0 aromatic carbocycles. The maximum absolute atomic E-state index is 11.3. The molecule has 0 amide bonds. The highest BCUT2D eigenvalue weighted by atomic mass is 16.1. The van der Waals surface area contributed by atoms with Crippen molar-refractivity contribution in [3.63, 3.8) is 0 Å². The maximum Gasteiger partial charge on any atom is 0.139 e. The highest BCUT2D eigenvalue weighted by Crippen LogP contribution is 2.17. The van der Waals surface area contributed by atoms with Gasteiger partial charge in [0.05, 0.1) is 0 Å². The molecule has 0 N–H and O–H groups in total. The van der Waals surface area contributed by atoms with E-state index in [2.05, 4.69) is 0 Å². The Hall–Kier alpha value is -1.03. The summed E-state index contributed by atoms with van der Waals surface area (Å²) in [6.07, 6.45) is 1.98. The van der Waals surface area contributed by atoms with Gasteiger partial charge in [-0.15, -0.1) is 0 Å². The predicted molar refractivity (Wildman–Crippen MR) is 117 cm³/mol. The van der Waals surface area contributed by atoms with E-state index in [9.17, 15) is 14.4 Å². The summed E-state index contributed by atoms with van der Waals surface area (Å²) in [6.45, 7) is 22.2. The van der Waals surface area contributed by atoms with Crippen LogP contribution in [-0.2, 0) is 14.4 Å². The molecule has 0 unspecified atom stereocenters. The Morgan fingerprint density at radius 2 is 0.852 bits per heavy atom. The molecule has 0 saturated carbocycles. The fourth-order valence-electron chi connectivity index (χ4n) is 1.76. The smallest absolute Gasteiger partial charge is 0.139 e. The summed E-state index contributed by atoms with van der Waals surface area (Å²) >= 11 is 0. The summed E-state index contributed by atoms with van der Waals surface area (Å²) < 4.78 is 0. The van der Waals surface area contributed by atoms with Gasteiger partial charge in [-0.3, -0.25) is 14.4 Å². The summed E-state index contributed by atoms with van der Waals surface area (Å²) in [6, 6.07) is 0. The first-order valence-electron chi connectivity index (χ1n) is 10.0. The molecule has 27 heavy (non-hydrogen) atoms. The molecule has 4 heteroatoms. The monoisotopic (exact) mass is 385 g/mol. The van der Waals surface area contributed by atoms with E-state index in [4.69, 9.17) is 0 Å². The zero-order valence-electron chi connectivity index (χ0n) is 20.5. The molecule has 0 aliphatic heterocycles. The summed E-state index contributed by atoms with van der Waals surface area (Å²) in [5.41, 5.74) is -0.431. The first kappa shape index (κ1) is 30.7. The SMILES string of the molecule is CCC(=O)C(C)(C)C.CCC(=O)C(C)(C)C.CN(C)CCC(=O)C(C)(C)C. The molecule has 0 fully saturated rings. The molecule has 0 aromatic heterocycles. The second-order valence-electron chi connectivity index (χ2n) is 10.3. The van der Waals surface area contributed by atoms with Crippen molar-refractivity contribution in [1.29, 1.82) is 0 Å². The van der Waals surface area contributed by atoms with Crippen molar-refractivity contribution < 1.29 is 14.4 Å². The van der Waals surface area contributed by atoms with Gasteiger partial charge in [0.15, 0.2) is 0 Å². The van der Waals surface area contributed by atoms with Gasteiger partial charge in [-0.2, -0.15) is 0 Å². The standard InChI is InChI=1S/C9H19NO.2C7H14O/c1-9(2,3)8(11)6-7-10(4)5;2*1-5-6(8)7(2,3)4/h6-7H2,1-5H3;2*5H2,1-4H3. The van der Waals surface area contributed by atoms with Crippen molar-refractivity contribution in [3.05, 3.63) is 0 Å². The molecule has 0 aliphatic rings. The molecule has 4 nitrogen and oxygen atoms in total. The van der Waals surface area contributed by atoms with E-state index in [1.54, 1.807) is 0 Å². The maximum atomic E-state index is 11.3. The Morgan fingerprint density at radius 3 is 0.963 bits per heavy atom. The van der Waals surface area contributed by atoms with Gasteiger partial charge in [-0.05, 0) is 14.1 Å². The number of hydrogen-bond acceptors (Lipinski definition) is 4. The van der Waals surface area contributed by atoms with Gasteiger partial charge >= 0.3 is 0 Å². The Morgan fingerprint density at radius 1 is 0.593 bits per heavy atom. The summed E-state index contributed by atoms with van der Waals surface area (Å²) in [7, 11) is 3.96. The van der Waals surface area contributed by atoms with E-state index >= 15 is 0 Å². The van der Waals surface area contributed by atoms with E-state index in [1.807, 2.05) is 95.2 Å². The molecule has 0 bridgehead atoms. The number of carbonyl (C=O) groups is 3. The van der Waals surface area contributed by atoms with Crippen LogP contribution in [0.4, 0.5) is 0 Å². The molecule has 0 saturated heterocycles. The van der Waals surface area contributed by atoms with Gasteiger partial charge < -0.3 is 4.90 Å². The zero-order valence-corrected chi connectivity index (χ0v) is 20.5. The Labute approximate surface area is 169 Å². The first-order chi connectivity index (χ1) is 11.8. The fourth-order valence-corrected chi connectivity index (χ4v) is 1.76. The molecular formula is C23H47NO3. The molecule has 0 atom stereocenters. The highest BCUT2D eigenvalue weighted by Gasteiger charge is 2.20. The summed E-state index contributed by atoms with van der Waals surface area (Å²) in [5.74, 6) is 1.00. The van der Waals surface area contributed by atoms with Crippen molar-refractivity contribution in [2.24, 2.45) is 16.2 Å². The van der Waals surface area contributed by atoms with Crippen molar-refractivity contribution in [2.45, 2.75) is 95.4 Å². The third-order valence-electron chi connectivity index (χ3n) is 3.94. The van der Waals surface area contributed by atoms with Crippen LogP contribution < -0.4 is 0 Å². The van der Waals surface area contributed by atoms with Gasteiger partial charge in [0, 0.05) is 42.1 Å². The average molecular weight is 386 g/mol. The number of rotatable bonds is 5. The number of ketones is 3. The van der Waals surface area contributed by atoms with Crippen molar-refractivity contribution in [1.82, 2.24) is 4.90 Å². The molecule has 0 aliphatic carbocycles. The third-order valence-corrected chi connectivity index (χ3v) is 3.94. The van der Waals surface area contributed by atoms with Crippen LogP contribution in [0.15, 0.2) is 0 Å². The van der Waals surface area contributed by atoms with Crippen LogP contribution in [0.1, 0.15) is 95.4 Å². The number of carbonyl (C=O) groups excluding carboxylic acids is 3. The number of Topliss-reactive ketones (excluding diaryl/α,β-unsaturated/α-hetero) is 3. The minimum atomic E-state index is -0.171. The van der Waals surface area contributed by atoms with Gasteiger partial charge in [0.1, 0.15) is 17.3 Å². The summed E-state index contributed by atoms with van der Waals surface area (Å²) in [5, 5.41) is 0. The third kappa shape index (κ3) is 19.5. The highest BCUT2D eigenvalue weighted by molar-refractivity contribution is 5.84. The van der Waals surface area contributed by atoms with Gasteiger partial charge in [0.25, 0.3) is 0 Å². The van der Waals surface area contributed by atoms with Gasteiger partial charge in [0.2, 0.25) is 0 Å². The Balaban J connectivity index is -0.000000327. The molecule has 0 aromatic rings. The van der Waals surface area contributed by atoms with E-state index in [-0.39, 0.29) is 16.2 Å². The molecule has 0 heterocycles. The molecule has 162 valence electrons. The van der Waals surface area contributed by atoms with Crippen LogP contribution in [0.25, 0.3) is 0 Å². The van der Waals surface area contributed by atoms with Crippen LogP contribution in [0.3, 0.4) is 0 Å². The van der Waals surface area contributed by atoms with Crippen molar-refractivity contribution >= 4 is 17.3 Å². The summed E-state index contributed by atoms with van der Waals surface area (Å²) in [4.78, 5) is 35.0. The van der Waals surface area contributed by atoms with Crippen LogP contribution in [-0.4, -0.2) is 42.9 Å². The first-order valence-corrected chi connectivity index (χ1v) is 10.0. The van der Waals surface area contributed by atoms with E-state index in [0.717, 1.165) is 6.54 Å². The number of hydrogen-bond donors (Lipinski definition) is 0. The molecular weight excluding hydrogens is 338 g/mol. The second-order valence-corrected chi connectivity index (χ2v) is 10.3. The van der Waals surface area contributed by atoms with Crippen LogP contribution >= 0.6 is 0 Å². The van der Waals surface area contributed by atoms with E-state index in [1.165, 1.54) is 0 Å². The van der Waals surface area contributed by atoms with Crippen LogP contribution in [0.2, 0.25) is 0 Å². The topological polar surface area (TPSA) is 54.5 Å².